The number of hydrogen-bond donors (Lipinski definition) is 1. The van der Waals surface area contributed by atoms with E-state index in [4.69, 9.17) is 31.2 Å². The number of halogens is 1. The van der Waals surface area contributed by atoms with Crippen molar-refractivity contribution < 1.29 is 19.4 Å². The maximum Gasteiger partial charge on any atom is 0.337 e. The van der Waals surface area contributed by atoms with E-state index in [1.807, 2.05) is 74.7 Å². The van der Waals surface area contributed by atoms with Gasteiger partial charge in [-0.1, -0.05) is 48.9 Å². The van der Waals surface area contributed by atoms with Crippen LogP contribution in [-0.4, -0.2) is 51.0 Å². The predicted octanol–water partition coefficient (Wildman–Crippen LogP) is 8.30. The second-order valence-electron chi connectivity index (χ2n) is 13.4. The van der Waals surface area contributed by atoms with Crippen molar-refractivity contribution in [2.24, 2.45) is 5.41 Å². The highest BCUT2D eigenvalue weighted by atomic mass is 35.5. The molecule has 8 nitrogen and oxygen atoms in total. The highest BCUT2D eigenvalue weighted by molar-refractivity contribution is 6.31. The lowest BCUT2D eigenvalue weighted by Gasteiger charge is -2.40. The van der Waals surface area contributed by atoms with Crippen molar-refractivity contribution in [3.05, 3.63) is 77.0 Å². The van der Waals surface area contributed by atoms with Crippen molar-refractivity contribution in [2.45, 2.75) is 72.0 Å². The average Bonchev–Trinajstić information content (AvgIpc) is 3.41. The zero-order valence-corrected chi connectivity index (χ0v) is 27.4. The van der Waals surface area contributed by atoms with E-state index in [2.05, 4.69) is 30.0 Å². The van der Waals surface area contributed by atoms with Crippen LogP contribution < -0.4 is 9.64 Å². The molecule has 5 heterocycles. The standard InChI is InChI=1S/C36H41ClN4O4/c1-23-31(32(34(42)43)45-35(2,3)4)33-40-17-15-36(5,16-18-40)14-7-6-8-19-44-29-13-12-26(37)21-27(29)24-10-9-11-25(20-24)28-22-30(38-23)41(33)39-28/h7,9-14,20-22,32H,6,8,15-19H2,1-5H3,(H,42,43)/b14-7-/t32-/m0/s1. The molecule has 236 valence electrons. The molecular weight excluding hydrogens is 588 g/mol. The second kappa shape index (κ2) is 12.1. The summed E-state index contributed by atoms with van der Waals surface area (Å²) in [6, 6.07) is 15.8. The number of aryl methyl sites for hydroxylation is 1. The van der Waals surface area contributed by atoms with Crippen LogP contribution in [0.25, 0.3) is 28.0 Å². The predicted molar refractivity (Wildman–Crippen MR) is 178 cm³/mol. The lowest BCUT2D eigenvalue weighted by atomic mass is 9.80. The molecule has 4 aromatic rings. The molecule has 45 heavy (non-hydrogen) atoms. The SMILES string of the molecule is Cc1nc2cc3nn2c(c1[C@H](OC(C)(C)C)C(=O)O)N1CCC(C)(/C=C\CCCOc2ccc(Cl)cc2-c2cccc-3c2)CC1. The minimum absolute atomic E-state index is 0.0352. The van der Waals surface area contributed by atoms with Crippen LogP contribution in [0.2, 0.25) is 5.02 Å². The first-order valence-electron chi connectivity index (χ1n) is 15.7. The molecule has 7 rings (SSSR count). The van der Waals surface area contributed by atoms with Gasteiger partial charge < -0.3 is 19.5 Å². The molecule has 1 fully saturated rings. The quantitative estimate of drug-likeness (QED) is 0.228. The maximum atomic E-state index is 12.8. The monoisotopic (exact) mass is 628 g/mol. The first-order valence-corrected chi connectivity index (χ1v) is 16.1. The number of allylic oxidation sites excluding steroid dienone is 2. The fourth-order valence-electron chi connectivity index (χ4n) is 6.30. The molecule has 3 aliphatic heterocycles. The summed E-state index contributed by atoms with van der Waals surface area (Å²) in [6.45, 7) is 11.9. The van der Waals surface area contributed by atoms with Gasteiger partial charge in [-0.05, 0) is 88.6 Å². The minimum atomic E-state index is -1.20. The summed E-state index contributed by atoms with van der Waals surface area (Å²) in [5.74, 6) is 0.464. The van der Waals surface area contributed by atoms with Gasteiger partial charge in [-0.3, -0.25) is 0 Å². The Hall–Kier alpha value is -3.88. The van der Waals surface area contributed by atoms with Crippen molar-refractivity contribution in [3.8, 4) is 28.1 Å². The summed E-state index contributed by atoms with van der Waals surface area (Å²) >= 11 is 6.45. The third-order valence-electron chi connectivity index (χ3n) is 8.67. The summed E-state index contributed by atoms with van der Waals surface area (Å²) in [4.78, 5) is 19.9. The summed E-state index contributed by atoms with van der Waals surface area (Å²) in [5, 5.41) is 16.2. The molecule has 0 aliphatic carbocycles. The molecule has 6 bridgehead atoms. The molecule has 2 aromatic heterocycles. The summed E-state index contributed by atoms with van der Waals surface area (Å²) < 4.78 is 14.3. The van der Waals surface area contributed by atoms with Crippen LogP contribution in [0, 0.1) is 12.3 Å². The van der Waals surface area contributed by atoms with Crippen LogP contribution in [0.5, 0.6) is 5.75 Å². The number of aliphatic carboxylic acids is 1. The minimum Gasteiger partial charge on any atom is -0.493 e. The molecule has 0 spiro atoms. The van der Waals surface area contributed by atoms with E-state index in [1.54, 1.807) is 0 Å². The Morgan fingerprint density at radius 3 is 2.60 bits per heavy atom. The Labute approximate surface area is 269 Å². The van der Waals surface area contributed by atoms with Crippen molar-refractivity contribution in [3.63, 3.8) is 0 Å². The number of anilines is 1. The number of piperidine rings is 1. The van der Waals surface area contributed by atoms with Crippen molar-refractivity contribution >= 4 is 29.0 Å². The fraction of sp³-hybridized carbons (Fsp3) is 0.417. The number of aromatic nitrogens is 3. The Morgan fingerprint density at radius 2 is 1.87 bits per heavy atom. The molecule has 0 saturated carbocycles. The molecule has 3 aliphatic rings. The lowest BCUT2D eigenvalue weighted by Crippen LogP contribution is -2.40. The molecule has 1 saturated heterocycles. The maximum absolute atomic E-state index is 12.8. The van der Waals surface area contributed by atoms with E-state index >= 15 is 0 Å². The largest absolute Gasteiger partial charge is 0.493 e. The molecular formula is C36H41ClN4O4. The average molecular weight is 629 g/mol. The van der Waals surface area contributed by atoms with Crippen molar-refractivity contribution in [2.75, 3.05) is 24.6 Å². The first-order chi connectivity index (χ1) is 21.4. The Morgan fingerprint density at radius 1 is 1.11 bits per heavy atom. The summed E-state index contributed by atoms with van der Waals surface area (Å²) in [5.41, 5.74) is 4.68. The molecule has 1 N–H and O–H groups in total. The molecule has 0 amide bonds. The number of carboxylic acids is 1. The van der Waals surface area contributed by atoms with Gasteiger partial charge in [0.2, 0.25) is 0 Å². The molecule has 0 unspecified atom stereocenters. The Balaban J connectivity index is 1.56. The normalized spacial score (nSPS) is 18.0. The summed E-state index contributed by atoms with van der Waals surface area (Å²) in [6.07, 6.45) is 7.09. The molecule has 1 atom stereocenters. The topological polar surface area (TPSA) is 89.2 Å². The number of rotatable bonds is 3. The van der Waals surface area contributed by atoms with E-state index < -0.39 is 17.7 Å². The number of benzene rings is 2. The lowest BCUT2D eigenvalue weighted by molar-refractivity contribution is -0.160. The number of carboxylic acid groups (broad SMARTS) is 1. The number of fused-ring (bicyclic) bond motifs is 6. The van der Waals surface area contributed by atoms with Gasteiger partial charge in [0.05, 0.1) is 23.5 Å². The smallest absolute Gasteiger partial charge is 0.337 e. The first kappa shape index (κ1) is 31.1. The van der Waals surface area contributed by atoms with Crippen LogP contribution in [-0.2, 0) is 9.53 Å². The van der Waals surface area contributed by atoms with Gasteiger partial charge in [0.15, 0.2) is 11.8 Å². The van der Waals surface area contributed by atoms with Gasteiger partial charge in [-0.25, -0.2) is 9.78 Å². The Bertz CT molecular complexity index is 1760. The van der Waals surface area contributed by atoms with E-state index in [0.29, 0.717) is 28.5 Å². The van der Waals surface area contributed by atoms with E-state index in [0.717, 1.165) is 72.7 Å². The third-order valence-corrected chi connectivity index (χ3v) is 8.91. The van der Waals surface area contributed by atoms with Gasteiger partial charge in [-0.2, -0.15) is 9.61 Å². The summed E-state index contributed by atoms with van der Waals surface area (Å²) in [7, 11) is 0. The number of nitrogens with zero attached hydrogens (tertiary/aromatic N) is 4. The van der Waals surface area contributed by atoms with E-state index in [-0.39, 0.29) is 5.41 Å². The number of carbonyl (C=O) groups is 1. The fourth-order valence-corrected chi connectivity index (χ4v) is 6.47. The van der Waals surface area contributed by atoms with Crippen molar-refractivity contribution in [1.29, 1.82) is 0 Å². The van der Waals surface area contributed by atoms with Gasteiger partial charge in [-0.15, -0.1) is 0 Å². The Kier molecular flexibility index (Phi) is 8.39. The highest BCUT2D eigenvalue weighted by Gasteiger charge is 2.37. The number of hydrogen-bond acceptors (Lipinski definition) is 6. The van der Waals surface area contributed by atoms with E-state index in [1.165, 1.54) is 0 Å². The van der Waals surface area contributed by atoms with Gasteiger partial charge in [0.1, 0.15) is 11.6 Å². The van der Waals surface area contributed by atoms with Crippen molar-refractivity contribution in [1.82, 2.24) is 14.6 Å². The highest BCUT2D eigenvalue weighted by Crippen LogP contribution is 2.41. The van der Waals surface area contributed by atoms with Gasteiger partial charge in [0.25, 0.3) is 0 Å². The van der Waals surface area contributed by atoms with Crippen LogP contribution in [0.4, 0.5) is 5.82 Å². The third kappa shape index (κ3) is 6.58. The zero-order valence-electron chi connectivity index (χ0n) is 26.6. The molecule has 2 aromatic carbocycles. The van der Waals surface area contributed by atoms with E-state index in [9.17, 15) is 9.90 Å². The second-order valence-corrected chi connectivity index (χ2v) is 13.9. The van der Waals surface area contributed by atoms with Crippen LogP contribution in [0.3, 0.4) is 0 Å². The molecule has 0 radical (unpaired) electrons. The number of ether oxygens (including phenoxy) is 2. The van der Waals surface area contributed by atoms with Crippen LogP contribution >= 0.6 is 11.6 Å². The van der Waals surface area contributed by atoms with Crippen LogP contribution in [0.1, 0.15) is 70.7 Å². The van der Waals surface area contributed by atoms with Gasteiger partial charge >= 0.3 is 5.97 Å². The zero-order chi connectivity index (χ0) is 31.9. The molecule has 9 heteroatoms. The van der Waals surface area contributed by atoms with Gasteiger partial charge in [0, 0.05) is 41.0 Å². The van der Waals surface area contributed by atoms with Crippen LogP contribution in [0.15, 0.2) is 60.7 Å².